The second-order valence-electron chi connectivity index (χ2n) is 11.4. The molecule has 0 saturated carbocycles. The number of hydrogen-bond donors (Lipinski definition) is 3. The minimum Gasteiger partial charge on any atom is -0.353 e. The standard InChI is InChI=1S/C32H54O5P2/c1-26(2)13-9-15-28(5)17-11-19-30(7)21-23-32(38(34)25-33,39(35,36)37)24-22-31(8)20-12-18-29(6)16-10-14-27(3)4/h13-14,17-18,21-22,33H,9-12,15-16,19-20,23-25H2,1-8H3,(H-,35,36,37)/p+1/b28-17+,29-18+,30-21+,31-22+. The van der Waals surface area contributed by atoms with Gasteiger partial charge in [-0.05, 0) is 107 Å². The molecule has 0 fully saturated rings. The van der Waals surface area contributed by atoms with Gasteiger partial charge in [0.05, 0.1) is 0 Å². The van der Waals surface area contributed by atoms with Gasteiger partial charge in [0.1, 0.15) is 0 Å². The summed E-state index contributed by atoms with van der Waals surface area (Å²) in [7, 11) is -7.31. The number of aliphatic hydroxyl groups is 1. The summed E-state index contributed by atoms with van der Waals surface area (Å²) in [6.45, 7) is 16.5. The van der Waals surface area contributed by atoms with Crippen molar-refractivity contribution in [1.29, 1.82) is 0 Å². The molecule has 0 aliphatic carbocycles. The van der Waals surface area contributed by atoms with Crippen LogP contribution in [0.25, 0.3) is 0 Å². The summed E-state index contributed by atoms with van der Waals surface area (Å²) >= 11 is 0. The number of hydrogen-bond acceptors (Lipinski definition) is 3. The molecule has 0 bridgehead atoms. The van der Waals surface area contributed by atoms with Gasteiger partial charge in [0.15, 0.2) is 0 Å². The van der Waals surface area contributed by atoms with Gasteiger partial charge in [-0.25, -0.2) is 0 Å². The molecule has 7 heteroatoms. The van der Waals surface area contributed by atoms with E-state index in [0.717, 1.165) is 62.5 Å². The van der Waals surface area contributed by atoms with Crippen molar-refractivity contribution in [2.45, 2.75) is 124 Å². The molecule has 0 aromatic carbocycles. The average molecular weight is 582 g/mol. The van der Waals surface area contributed by atoms with Gasteiger partial charge in [0, 0.05) is 12.8 Å². The van der Waals surface area contributed by atoms with Crippen molar-refractivity contribution in [2.24, 2.45) is 0 Å². The monoisotopic (exact) mass is 581 g/mol. The third kappa shape index (κ3) is 16.5. The molecule has 0 radical (unpaired) electrons. The molecule has 0 aromatic heterocycles. The van der Waals surface area contributed by atoms with Crippen LogP contribution in [0.4, 0.5) is 0 Å². The second kappa shape index (κ2) is 19.7. The van der Waals surface area contributed by atoms with E-state index in [4.69, 9.17) is 0 Å². The van der Waals surface area contributed by atoms with E-state index >= 15 is 0 Å². The smallest absolute Gasteiger partial charge is 0.353 e. The van der Waals surface area contributed by atoms with Gasteiger partial charge in [-0.2, -0.15) is 0 Å². The minimum atomic E-state index is -4.78. The number of allylic oxidation sites excluding steroid dienone is 12. The molecule has 0 heterocycles. The summed E-state index contributed by atoms with van der Waals surface area (Å²) in [6.07, 6.45) is 19.0. The Bertz CT molecular complexity index is 938. The maximum absolute atomic E-state index is 12.9. The highest BCUT2D eigenvalue weighted by Crippen LogP contribution is 2.66. The van der Waals surface area contributed by atoms with E-state index in [9.17, 15) is 24.0 Å². The van der Waals surface area contributed by atoms with Gasteiger partial charge in [-0.1, -0.05) is 74.5 Å². The zero-order chi connectivity index (χ0) is 30.1. The van der Waals surface area contributed by atoms with E-state index in [0.29, 0.717) is 0 Å². The van der Waals surface area contributed by atoms with Gasteiger partial charge < -0.3 is 14.9 Å². The largest absolute Gasteiger partial charge is 0.386 e. The van der Waals surface area contributed by atoms with Crippen LogP contribution in [0, 0.1) is 0 Å². The Kier molecular flexibility index (Phi) is 19.0. The summed E-state index contributed by atoms with van der Waals surface area (Å²) in [4.78, 5) is 18.9. The number of aliphatic hydroxyl groups excluding tert-OH is 1. The van der Waals surface area contributed by atoms with Crippen molar-refractivity contribution in [3.63, 3.8) is 0 Å². The minimum absolute atomic E-state index is 0.0324. The molecule has 0 saturated heterocycles. The van der Waals surface area contributed by atoms with Crippen molar-refractivity contribution in [1.82, 2.24) is 0 Å². The normalized spacial score (nSPS) is 15.6. The van der Waals surface area contributed by atoms with Crippen molar-refractivity contribution >= 4 is 15.4 Å². The highest BCUT2D eigenvalue weighted by Gasteiger charge is 2.60. The molecule has 0 aliphatic rings. The van der Waals surface area contributed by atoms with Gasteiger partial charge in [-0.3, -0.25) is 4.57 Å². The molecule has 1 unspecified atom stereocenters. The summed E-state index contributed by atoms with van der Waals surface area (Å²) in [5, 5.41) is 9.69. The van der Waals surface area contributed by atoms with Crippen LogP contribution in [0.2, 0.25) is 0 Å². The molecule has 5 nitrogen and oxygen atoms in total. The number of rotatable bonds is 19. The van der Waals surface area contributed by atoms with Crippen LogP contribution >= 0.6 is 15.4 Å². The van der Waals surface area contributed by atoms with E-state index in [1.54, 1.807) is 12.2 Å². The van der Waals surface area contributed by atoms with Crippen LogP contribution in [0.5, 0.6) is 0 Å². The van der Waals surface area contributed by atoms with Crippen molar-refractivity contribution in [3.8, 4) is 0 Å². The quantitative estimate of drug-likeness (QED) is 0.104. The Labute approximate surface area is 239 Å². The predicted octanol–water partition coefficient (Wildman–Crippen LogP) is 10.3. The molecule has 0 spiro atoms. The van der Waals surface area contributed by atoms with Crippen LogP contribution < -0.4 is 0 Å². The van der Waals surface area contributed by atoms with Crippen LogP contribution in [0.3, 0.4) is 0 Å². The Morgan fingerprint density at radius 3 is 1.21 bits per heavy atom. The fourth-order valence-electron chi connectivity index (χ4n) is 4.15. The van der Waals surface area contributed by atoms with Gasteiger partial charge >= 0.3 is 15.4 Å². The van der Waals surface area contributed by atoms with E-state index in [2.05, 4.69) is 65.8 Å². The Morgan fingerprint density at radius 1 is 0.615 bits per heavy atom. The lowest BCUT2D eigenvalue weighted by Crippen LogP contribution is -2.24. The lowest BCUT2D eigenvalue weighted by Gasteiger charge is -2.23. The first-order valence-electron chi connectivity index (χ1n) is 14.1. The van der Waals surface area contributed by atoms with Crippen LogP contribution in [0.1, 0.15) is 120 Å². The summed E-state index contributed by atoms with van der Waals surface area (Å²) in [5.74, 6) is 0. The average Bonchev–Trinajstić information content (AvgIpc) is 2.82. The second-order valence-corrected chi connectivity index (χ2v) is 15.6. The fourth-order valence-corrected chi connectivity index (χ4v) is 7.02. The molecule has 0 amide bonds. The highest BCUT2D eigenvalue weighted by atomic mass is 31.2. The SMILES string of the molecule is CC(C)=CCC/C(C)=C/CC/C(C)=C/CC(C/C=C(\C)CC/C=C(\C)CCC=C(C)C)([P+](=O)CO)P(=O)(O)O. The maximum atomic E-state index is 12.9. The van der Waals surface area contributed by atoms with Gasteiger partial charge in [0.2, 0.25) is 6.35 Å². The first kappa shape index (κ1) is 37.6. The molecule has 0 aliphatic heterocycles. The predicted molar refractivity (Wildman–Crippen MR) is 170 cm³/mol. The van der Waals surface area contributed by atoms with Crippen LogP contribution in [0.15, 0.2) is 69.9 Å². The molecular weight excluding hydrogens is 526 g/mol. The topological polar surface area (TPSA) is 94.8 Å². The maximum Gasteiger partial charge on any atom is 0.386 e. The Hall–Kier alpha value is -1.35. The van der Waals surface area contributed by atoms with Crippen molar-refractivity contribution in [2.75, 3.05) is 6.35 Å². The van der Waals surface area contributed by atoms with Gasteiger partial charge in [-0.15, -0.1) is 0 Å². The molecule has 0 rings (SSSR count). The van der Waals surface area contributed by atoms with Crippen LogP contribution in [-0.2, 0) is 9.13 Å². The molecule has 39 heavy (non-hydrogen) atoms. The molecule has 222 valence electrons. The van der Waals surface area contributed by atoms with E-state index in [-0.39, 0.29) is 12.8 Å². The first-order valence-corrected chi connectivity index (χ1v) is 17.2. The zero-order valence-corrected chi connectivity index (χ0v) is 27.6. The summed E-state index contributed by atoms with van der Waals surface area (Å²) in [5.41, 5.74) is 7.28. The highest BCUT2D eigenvalue weighted by molar-refractivity contribution is 7.69. The third-order valence-electron chi connectivity index (χ3n) is 6.94. The summed E-state index contributed by atoms with van der Waals surface area (Å²) in [6, 6.07) is 0. The zero-order valence-electron chi connectivity index (χ0n) is 25.8. The summed E-state index contributed by atoms with van der Waals surface area (Å²) < 4.78 is 25.6. The molecule has 1 atom stereocenters. The molecule has 0 aromatic rings. The first-order chi connectivity index (χ1) is 18.1. The van der Waals surface area contributed by atoms with E-state index in [1.165, 1.54) is 22.3 Å². The van der Waals surface area contributed by atoms with Gasteiger partial charge in [0.25, 0.3) is 4.90 Å². The molecule has 3 N–H and O–H groups in total. The van der Waals surface area contributed by atoms with E-state index in [1.807, 2.05) is 13.8 Å². The van der Waals surface area contributed by atoms with E-state index < -0.39 is 26.6 Å². The Morgan fingerprint density at radius 2 is 0.923 bits per heavy atom. The molecular formula is C32H55O5P2+. The fraction of sp³-hybridized carbons (Fsp3) is 0.625. The van der Waals surface area contributed by atoms with Crippen molar-refractivity contribution in [3.05, 3.63) is 69.9 Å². The Balaban J connectivity index is 5.41. The van der Waals surface area contributed by atoms with Crippen molar-refractivity contribution < 1.29 is 24.0 Å². The third-order valence-corrected chi connectivity index (χ3v) is 11.4. The lowest BCUT2D eigenvalue weighted by molar-refractivity contribution is 0.334. The lowest BCUT2D eigenvalue weighted by atomic mass is 10.0. The van der Waals surface area contributed by atoms with Crippen LogP contribution in [-0.4, -0.2) is 26.1 Å².